The average molecular weight is 465 g/mol. The number of rotatable bonds is 5. The van der Waals surface area contributed by atoms with Crippen molar-refractivity contribution in [3.8, 4) is 11.3 Å². The lowest BCUT2D eigenvalue weighted by Gasteiger charge is -2.11. The number of amides is 2. The van der Waals surface area contributed by atoms with Gasteiger partial charge in [0.25, 0.3) is 0 Å². The Morgan fingerprint density at radius 3 is 2.59 bits per heavy atom. The summed E-state index contributed by atoms with van der Waals surface area (Å²) in [5, 5.41) is 10.5. The Kier molecular flexibility index (Phi) is 5.32. The summed E-state index contributed by atoms with van der Waals surface area (Å²) < 4.78 is 0. The summed E-state index contributed by atoms with van der Waals surface area (Å²) in [6.07, 6.45) is 2.26. The number of nitrogens with zero attached hydrogens (tertiary/aromatic N) is 2. The van der Waals surface area contributed by atoms with E-state index in [1.807, 2.05) is 31.2 Å². The Labute approximate surface area is 194 Å². The first-order chi connectivity index (χ1) is 15.5. The summed E-state index contributed by atoms with van der Waals surface area (Å²) in [5.41, 5.74) is 9.96. The van der Waals surface area contributed by atoms with Gasteiger partial charge in [-0.3, -0.25) is 0 Å². The van der Waals surface area contributed by atoms with E-state index < -0.39 is 0 Å². The number of hydrogen-bond acceptors (Lipinski definition) is 6. The van der Waals surface area contributed by atoms with E-state index in [9.17, 15) is 4.79 Å². The number of carbonyl (C=O) groups excluding carboxylic acids is 1. The molecule has 4 aromatic rings. The van der Waals surface area contributed by atoms with Crippen molar-refractivity contribution >= 4 is 62.2 Å². The minimum atomic E-state index is -0.348. The second kappa shape index (κ2) is 8.29. The van der Waals surface area contributed by atoms with Crippen LogP contribution in [0.5, 0.6) is 0 Å². The SMILES string of the molecule is Cc1sc2nc(NC3CC3)nc(-c3cccc(NC(=O)Nc4ccc(Cl)cc4)c3)c2c1N. The Hall–Kier alpha value is -3.36. The lowest BCUT2D eigenvalue weighted by molar-refractivity contribution is 0.262. The van der Waals surface area contributed by atoms with Gasteiger partial charge in [-0.25, -0.2) is 14.8 Å². The molecule has 5 rings (SSSR count). The third-order valence-corrected chi connectivity index (χ3v) is 6.45. The standard InChI is InChI=1S/C23H21ClN6OS/c1-12-19(25)18-20(29-22(26-15-9-10-15)30-21(18)32-12)13-3-2-4-17(11-13)28-23(31)27-16-7-5-14(24)6-8-16/h2-8,11,15H,9-10,25H2,1H3,(H,26,29,30)(H2,27,28,31). The monoisotopic (exact) mass is 464 g/mol. The first-order valence-corrected chi connectivity index (χ1v) is 11.4. The Balaban J connectivity index is 1.45. The van der Waals surface area contributed by atoms with Gasteiger partial charge in [0, 0.05) is 32.9 Å². The van der Waals surface area contributed by atoms with Crippen molar-refractivity contribution in [2.45, 2.75) is 25.8 Å². The molecule has 0 bridgehead atoms. The van der Waals surface area contributed by atoms with Crippen molar-refractivity contribution in [3.63, 3.8) is 0 Å². The zero-order chi connectivity index (χ0) is 22.2. The Bertz CT molecular complexity index is 1320. The minimum Gasteiger partial charge on any atom is -0.397 e. The highest BCUT2D eigenvalue weighted by molar-refractivity contribution is 7.19. The van der Waals surface area contributed by atoms with Crippen molar-refractivity contribution in [1.29, 1.82) is 0 Å². The number of anilines is 4. The van der Waals surface area contributed by atoms with Crippen molar-refractivity contribution in [3.05, 3.63) is 58.4 Å². The molecule has 1 fully saturated rings. The van der Waals surface area contributed by atoms with Gasteiger partial charge in [-0.2, -0.15) is 0 Å². The van der Waals surface area contributed by atoms with Gasteiger partial charge in [0.15, 0.2) is 0 Å². The quantitative estimate of drug-likeness (QED) is 0.284. The van der Waals surface area contributed by atoms with E-state index >= 15 is 0 Å². The number of nitrogen functional groups attached to an aromatic ring is 1. The van der Waals surface area contributed by atoms with Crippen LogP contribution < -0.4 is 21.7 Å². The van der Waals surface area contributed by atoms with Gasteiger partial charge >= 0.3 is 6.03 Å². The van der Waals surface area contributed by atoms with Crippen LogP contribution in [0.15, 0.2) is 48.5 Å². The molecule has 5 N–H and O–H groups in total. The Morgan fingerprint density at radius 2 is 1.84 bits per heavy atom. The molecule has 0 saturated heterocycles. The number of carbonyl (C=O) groups is 1. The van der Waals surface area contributed by atoms with Gasteiger partial charge in [-0.1, -0.05) is 23.7 Å². The smallest absolute Gasteiger partial charge is 0.323 e. The second-order valence-corrected chi connectivity index (χ2v) is 9.37. The predicted octanol–water partition coefficient (Wildman–Crippen LogP) is 6.12. The summed E-state index contributed by atoms with van der Waals surface area (Å²) in [6, 6.07) is 14.6. The first-order valence-electron chi connectivity index (χ1n) is 10.2. The number of halogens is 1. The Morgan fingerprint density at radius 1 is 1.09 bits per heavy atom. The van der Waals surface area contributed by atoms with Gasteiger partial charge in [0.2, 0.25) is 5.95 Å². The minimum absolute atomic E-state index is 0.348. The normalized spacial score (nSPS) is 13.2. The number of hydrogen-bond donors (Lipinski definition) is 4. The third kappa shape index (κ3) is 4.32. The molecule has 0 unspecified atom stereocenters. The molecule has 0 atom stereocenters. The van der Waals surface area contributed by atoms with E-state index in [1.165, 1.54) is 0 Å². The maximum absolute atomic E-state index is 12.5. The molecular weight excluding hydrogens is 444 g/mol. The molecule has 0 spiro atoms. The molecule has 1 saturated carbocycles. The fourth-order valence-electron chi connectivity index (χ4n) is 3.39. The number of thiophene rings is 1. The molecule has 32 heavy (non-hydrogen) atoms. The van der Waals surface area contributed by atoms with Crippen LogP contribution in [-0.4, -0.2) is 22.0 Å². The lowest BCUT2D eigenvalue weighted by atomic mass is 10.1. The van der Waals surface area contributed by atoms with Gasteiger partial charge in [-0.05, 0) is 56.2 Å². The fraction of sp³-hybridized carbons (Fsp3) is 0.174. The summed E-state index contributed by atoms with van der Waals surface area (Å²) in [4.78, 5) is 23.8. The van der Waals surface area contributed by atoms with Crippen LogP contribution in [0.3, 0.4) is 0 Å². The maximum Gasteiger partial charge on any atom is 0.323 e. The molecule has 1 aliphatic carbocycles. The van der Waals surface area contributed by atoms with Crippen LogP contribution in [0.2, 0.25) is 5.02 Å². The van der Waals surface area contributed by atoms with Crippen LogP contribution in [0.1, 0.15) is 17.7 Å². The first kappa shape index (κ1) is 20.5. The molecule has 2 aromatic heterocycles. The number of benzene rings is 2. The second-order valence-electron chi connectivity index (χ2n) is 7.73. The van der Waals surface area contributed by atoms with E-state index in [4.69, 9.17) is 22.3 Å². The van der Waals surface area contributed by atoms with Crippen molar-refractivity contribution in [1.82, 2.24) is 9.97 Å². The largest absolute Gasteiger partial charge is 0.397 e. The molecule has 2 aromatic carbocycles. The lowest BCUT2D eigenvalue weighted by Crippen LogP contribution is -2.19. The highest BCUT2D eigenvalue weighted by atomic mass is 35.5. The molecule has 162 valence electrons. The van der Waals surface area contributed by atoms with Crippen LogP contribution in [0, 0.1) is 6.92 Å². The number of aromatic nitrogens is 2. The molecule has 2 amide bonds. The fourth-order valence-corrected chi connectivity index (χ4v) is 4.46. The van der Waals surface area contributed by atoms with Crippen LogP contribution in [-0.2, 0) is 0 Å². The summed E-state index contributed by atoms with van der Waals surface area (Å²) >= 11 is 7.46. The number of fused-ring (bicyclic) bond motifs is 1. The highest BCUT2D eigenvalue weighted by Gasteiger charge is 2.24. The molecule has 7 nitrogen and oxygen atoms in total. The predicted molar refractivity (Wildman–Crippen MR) is 133 cm³/mol. The number of urea groups is 1. The van der Waals surface area contributed by atoms with Crippen LogP contribution in [0.25, 0.3) is 21.5 Å². The van der Waals surface area contributed by atoms with E-state index in [1.54, 1.807) is 35.6 Å². The zero-order valence-corrected chi connectivity index (χ0v) is 18.8. The molecular formula is C23H21ClN6OS. The summed E-state index contributed by atoms with van der Waals surface area (Å²) in [5.74, 6) is 0.607. The number of nitrogens with two attached hydrogens (primary N) is 1. The summed E-state index contributed by atoms with van der Waals surface area (Å²) in [7, 11) is 0. The van der Waals surface area contributed by atoms with Crippen LogP contribution in [0.4, 0.5) is 27.8 Å². The number of nitrogens with one attached hydrogen (secondary N) is 3. The van der Waals surface area contributed by atoms with Gasteiger partial charge < -0.3 is 21.7 Å². The summed E-state index contributed by atoms with van der Waals surface area (Å²) in [6.45, 7) is 1.98. The van der Waals surface area contributed by atoms with Gasteiger partial charge in [-0.15, -0.1) is 11.3 Å². The zero-order valence-electron chi connectivity index (χ0n) is 17.3. The van der Waals surface area contributed by atoms with Crippen molar-refractivity contribution in [2.24, 2.45) is 0 Å². The van der Waals surface area contributed by atoms with Crippen molar-refractivity contribution < 1.29 is 4.79 Å². The molecule has 1 aliphatic rings. The van der Waals surface area contributed by atoms with Crippen LogP contribution >= 0.6 is 22.9 Å². The van der Waals surface area contributed by atoms with Crippen molar-refractivity contribution in [2.75, 3.05) is 21.7 Å². The molecule has 9 heteroatoms. The highest BCUT2D eigenvalue weighted by Crippen LogP contribution is 2.39. The van der Waals surface area contributed by atoms with Gasteiger partial charge in [0.1, 0.15) is 4.83 Å². The van der Waals surface area contributed by atoms with E-state index in [0.29, 0.717) is 34.1 Å². The molecule has 2 heterocycles. The van der Waals surface area contributed by atoms with E-state index in [-0.39, 0.29) is 6.03 Å². The van der Waals surface area contributed by atoms with E-state index in [2.05, 4.69) is 20.9 Å². The van der Waals surface area contributed by atoms with Gasteiger partial charge in [0.05, 0.1) is 16.8 Å². The number of aryl methyl sites for hydroxylation is 1. The average Bonchev–Trinajstić information content (AvgIpc) is 3.53. The molecule has 0 aliphatic heterocycles. The topological polar surface area (TPSA) is 105 Å². The third-order valence-electron chi connectivity index (χ3n) is 5.18. The van der Waals surface area contributed by atoms with E-state index in [0.717, 1.165) is 39.2 Å². The molecule has 0 radical (unpaired) electrons. The maximum atomic E-state index is 12.5.